The van der Waals surface area contributed by atoms with Gasteiger partial charge < -0.3 is 11.1 Å². The van der Waals surface area contributed by atoms with Gasteiger partial charge in [0.25, 0.3) is 5.91 Å². The predicted molar refractivity (Wildman–Crippen MR) is 66.6 cm³/mol. The number of nitrogens with zero attached hydrogens (tertiary/aromatic N) is 2. The Morgan fingerprint density at radius 3 is 3.06 bits per heavy atom. The Morgan fingerprint density at radius 1 is 1.65 bits per heavy atom. The first-order valence-electron chi connectivity index (χ1n) is 6.31. The lowest BCUT2D eigenvalue weighted by atomic mass is 10.2. The van der Waals surface area contributed by atoms with Crippen molar-refractivity contribution in [2.45, 2.75) is 39.2 Å². The SMILES string of the molecule is CCn1ncc(N)c1C(=O)NCCCC1CC1. The van der Waals surface area contributed by atoms with Gasteiger partial charge in [0.15, 0.2) is 0 Å². The van der Waals surface area contributed by atoms with Crippen molar-refractivity contribution in [1.82, 2.24) is 15.1 Å². The minimum Gasteiger partial charge on any atom is -0.396 e. The molecule has 1 aromatic rings. The number of amides is 1. The first-order valence-corrected chi connectivity index (χ1v) is 6.31. The highest BCUT2D eigenvalue weighted by atomic mass is 16.2. The van der Waals surface area contributed by atoms with E-state index in [1.165, 1.54) is 25.5 Å². The summed E-state index contributed by atoms with van der Waals surface area (Å²) < 4.78 is 1.63. The van der Waals surface area contributed by atoms with Gasteiger partial charge in [0.05, 0.1) is 11.9 Å². The Labute approximate surface area is 101 Å². The summed E-state index contributed by atoms with van der Waals surface area (Å²) in [6.45, 7) is 3.32. The summed E-state index contributed by atoms with van der Waals surface area (Å²) in [7, 11) is 0. The van der Waals surface area contributed by atoms with Crippen LogP contribution in [0.25, 0.3) is 0 Å². The van der Waals surface area contributed by atoms with Crippen molar-refractivity contribution in [1.29, 1.82) is 0 Å². The number of anilines is 1. The second-order valence-electron chi connectivity index (χ2n) is 4.61. The summed E-state index contributed by atoms with van der Waals surface area (Å²) in [5, 5.41) is 6.96. The van der Waals surface area contributed by atoms with E-state index >= 15 is 0 Å². The van der Waals surface area contributed by atoms with E-state index in [-0.39, 0.29) is 5.91 Å². The largest absolute Gasteiger partial charge is 0.396 e. The zero-order valence-electron chi connectivity index (χ0n) is 10.3. The van der Waals surface area contributed by atoms with Crippen molar-refractivity contribution in [2.24, 2.45) is 5.92 Å². The van der Waals surface area contributed by atoms with Gasteiger partial charge in [-0.1, -0.05) is 12.8 Å². The Bertz CT molecular complexity index is 395. The number of nitrogens with two attached hydrogens (primary N) is 1. The van der Waals surface area contributed by atoms with Crippen LogP contribution in [0.3, 0.4) is 0 Å². The molecule has 1 aromatic heterocycles. The molecule has 0 bridgehead atoms. The molecular formula is C12H20N4O. The van der Waals surface area contributed by atoms with Gasteiger partial charge in [-0.05, 0) is 25.7 Å². The molecule has 0 saturated heterocycles. The molecule has 1 aliphatic rings. The molecule has 0 aromatic carbocycles. The van der Waals surface area contributed by atoms with Crippen molar-refractivity contribution in [3.05, 3.63) is 11.9 Å². The smallest absolute Gasteiger partial charge is 0.271 e. The van der Waals surface area contributed by atoms with Gasteiger partial charge in [-0.15, -0.1) is 0 Å². The van der Waals surface area contributed by atoms with Crippen LogP contribution in [0.5, 0.6) is 0 Å². The molecule has 0 spiro atoms. The van der Waals surface area contributed by atoms with Crippen LogP contribution in [0.1, 0.15) is 43.1 Å². The summed E-state index contributed by atoms with van der Waals surface area (Å²) in [4.78, 5) is 11.9. The molecule has 0 radical (unpaired) electrons. The summed E-state index contributed by atoms with van der Waals surface area (Å²) in [6, 6.07) is 0. The summed E-state index contributed by atoms with van der Waals surface area (Å²) in [5.41, 5.74) is 6.67. The van der Waals surface area contributed by atoms with E-state index in [1.54, 1.807) is 4.68 Å². The summed E-state index contributed by atoms with van der Waals surface area (Å²) in [6.07, 6.45) is 6.54. The standard InChI is InChI=1S/C12H20N4O/c1-2-16-11(10(13)8-15-16)12(17)14-7-3-4-9-5-6-9/h8-9H,2-7,13H2,1H3,(H,14,17). The lowest BCUT2D eigenvalue weighted by Gasteiger charge is -2.07. The average Bonchev–Trinajstić information content (AvgIpc) is 3.06. The Morgan fingerprint density at radius 2 is 2.41 bits per heavy atom. The number of carbonyl (C=O) groups excluding carboxylic acids is 1. The third kappa shape index (κ3) is 2.99. The molecule has 3 N–H and O–H groups in total. The molecular weight excluding hydrogens is 216 g/mol. The number of aryl methyl sites for hydroxylation is 1. The molecule has 5 heteroatoms. The number of nitrogens with one attached hydrogen (secondary N) is 1. The first-order chi connectivity index (χ1) is 8.22. The lowest BCUT2D eigenvalue weighted by Crippen LogP contribution is -2.27. The van der Waals surface area contributed by atoms with Crippen molar-refractivity contribution in [3.8, 4) is 0 Å². The van der Waals surface area contributed by atoms with Gasteiger partial charge in [0.2, 0.25) is 0 Å². The van der Waals surface area contributed by atoms with E-state index in [2.05, 4.69) is 10.4 Å². The maximum absolute atomic E-state index is 11.9. The quantitative estimate of drug-likeness (QED) is 0.733. The normalized spacial score (nSPS) is 14.9. The van der Waals surface area contributed by atoms with Crippen molar-refractivity contribution < 1.29 is 4.79 Å². The zero-order valence-corrected chi connectivity index (χ0v) is 10.3. The molecule has 5 nitrogen and oxygen atoms in total. The number of rotatable bonds is 6. The Balaban J connectivity index is 1.82. The molecule has 0 aliphatic heterocycles. The Kier molecular flexibility index (Phi) is 3.66. The molecule has 1 saturated carbocycles. The first kappa shape index (κ1) is 12.0. The van der Waals surface area contributed by atoms with E-state index in [9.17, 15) is 4.79 Å². The second-order valence-corrected chi connectivity index (χ2v) is 4.61. The fourth-order valence-corrected chi connectivity index (χ4v) is 1.97. The van der Waals surface area contributed by atoms with E-state index in [1.807, 2.05) is 6.92 Å². The van der Waals surface area contributed by atoms with Crippen LogP contribution in [0.4, 0.5) is 5.69 Å². The highest BCUT2D eigenvalue weighted by molar-refractivity contribution is 5.97. The maximum atomic E-state index is 11.9. The fourth-order valence-electron chi connectivity index (χ4n) is 1.97. The highest BCUT2D eigenvalue weighted by Gasteiger charge is 2.20. The van der Waals surface area contributed by atoms with Gasteiger partial charge in [-0.25, -0.2) is 0 Å². The van der Waals surface area contributed by atoms with Gasteiger partial charge >= 0.3 is 0 Å². The monoisotopic (exact) mass is 236 g/mol. The summed E-state index contributed by atoms with van der Waals surface area (Å²) >= 11 is 0. The molecule has 17 heavy (non-hydrogen) atoms. The number of hydrogen-bond acceptors (Lipinski definition) is 3. The van der Waals surface area contributed by atoms with Crippen molar-refractivity contribution in [2.75, 3.05) is 12.3 Å². The fraction of sp³-hybridized carbons (Fsp3) is 0.667. The topological polar surface area (TPSA) is 72.9 Å². The minimum atomic E-state index is -0.113. The number of carbonyl (C=O) groups is 1. The third-order valence-corrected chi connectivity index (χ3v) is 3.15. The van der Waals surface area contributed by atoms with E-state index in [0.29, 0.717) is 17.9 Å². The molecule has 0 unspecified atom stereocenters. The number of hydrogen-bond donors (Lipinski definition) is 2. The average molecular weight is 236 g/mol. The molecule has 1 fully saturated rings. The van der Waals surface area contributed by atoms with Gasteiger partial charge in [-0.3, -0.25) is 9.48 Å². The minimum absolute atomic E-state index is 0.113. The van der Waals surface area contributed by atoms with Crippen LogP contribution >= 0.6 is 0 Å². The van der Waals surface area contributed by atoms with Crippen LogP contribution in [0.15, 0.2) is 6.20 Å². The molecule has 1 aliphatic carbocycles. The molecule has 1 amide bonds. The van der Waals surface area contributed by atoms with E-state index < -0.39 is 0 Å². The van der Waals surface area contributed by atoms with E-state index in [4.69, 9.17) is 5.73 Å². The Hall–Kier alpha value is -1.52. The van der Waals surface area contributed by atoms with Gasteiger partial charge in [-0.2, -0.15) is 5.10 Å². The highest BCUT2D eigenvalue weighted by Crippen LogP contribution is 2.33. The van der Waals surface area contributed by atoms with Gasteiger partial charge in [0, 0.05) is 13.1 Å². The second kappa shape index (κ2) is 5.21. The summed E-state index contributed by atoms with van der Waals surface area (Å²) in [5.74, 6) is 0.802. The molecule has 94 valence electrons. The molecule has 0 atom stereocenters. The van der Waals surface area contributed by atoms with Crippen LogP contribution in [-0.2, 0) is 6.54 Å². The van der Waals surface area contributed by atoms with Crippen molar-refractivity contribution in [3.63, 3.8) is 0 Å². The maximum Gasteiger partial charge on any atom is 0.271 e. The van der Waals surface area contributed by atoms with Crippen LogP contribution in [-0.4, -0.2) is 22.2 Å². The van der Waals surface area contributed by atoms with Crippen LogP contribution in [0.2, 0.25) is 0 Å². The predicted octanol–water partition coefficient (Wildman–Crippen LogP) is 1.41. The molecule has 2 rings (SSSR count). The molecule has 1 heterocycles. The number of nitrogen functional groups attached to an aromatic ring is 1. The van der Waals surface area contributed by atoms with Gasteiger partial charge in [0.1, 0.15) is 5.69 Å². The van der Waals surface area contributed by atoms with Crippen LogP contribution < -0.4 is 11.1 Å². The number of aromatic nitrogens is 2. The van der Waals surface area contributed by atoms with E-state index in [0.717, 1.165) is 18.9 Å². The van der Waals surface area contributed by atoms with Crippen molar-refractivity contribution >= 4 is 11.6 Å². The third-order valence-electron chi connectivity index (χ3n) is 3.15. The van der Waals surface area contributed by atoms with Crippen LogP contribution in [0, 0.1) is 5.92 Å². The lowest BCUT2D eigenvalue weighted by molar-refractivity contribution is 0.0943. The zero-order chi connectivity index (χ0) is 12.3.